The lowest BCUT2D eigenvalue weighted by Gasteiger charge is -2.19. The number of nitrogens with zero attached hydrogens (tertiary/aromatic N) is 2. The quantitative estimate of drug-likeness (QED) is 0.186. The summed E-state index contributed by atoms with van der Waals surface area (Å²) in [4.78, 5) is 0. The van der Waals surface area contributed by atoms with E-state index in [1.54, 1.807) is 0 Å². The fraction of sp³-hybridized carbons (Fsp3) is 0. The Morgan fingerprint density at radius 1 is 0.383 bits per heavy atom. The van der Waals surface area contributed by atoms with Gasteiger partial charge in [0.1, 0.15) is 0 Å². The number of fused-ring (bicyclic) bond motifs is 5. The van der Waals surface area contributed by atoms with Gasteiger partial charge >= 0.3 is 0 Å². The molecular weight excluding hydrogens is 569 g/mol. The molecule has 218 valence electrons. The average Bonchev–Trinajstić information content (AvgIpc) is 3.48. The standard InChI is InChI=1S/C45H28N2/c46-29-30-25-26-43(47-41-23-10-8-17-34(41)35-18-9-11-24-42(35)47)40(27-30)32-15-12-16-33(28-32)45-38-21-6-4-19-36(38)44(31-13-2-1-3-14-31)37-20-5-7-22-39(37)45/h1-28H. The summed E-state index contributed by atoms with van der Waals surface area (Å²) < 4.78 is 2.34. The van der Waals surface area contributed by atoms with Gasteiger partial charge in [-0.2, -0.15) is 5.26 Å². The van der Waals surface area contributed by atoms with E-state index < -0.39 is 0 Å². The van der Waals surface area contributed by atoms with E-state index in [2.05, 4.69) is 168 Å². The lowest BCUT2D eigenvalue weighted by atomic mass is 9.85. The molecule has 0 N–H and O–H groups in total. The third-order valence-corrected chi connectivity index (χ3v) is 9.40. The molecule has 0 amide bonds. The minimum Gasteiger partial charge on any atom is -0.309 e. The number of hydrogen-bond acceptors (Lipinski definition) is 1. The van der Waals surface area contributed by atoms with Crippen LogP contribution in [-0.4, -0.2) is 4.57 Å². The van der Waals surface area contributed by atoms with Gasteiger partial charge in [-0.15, -0.1) is 0 Å². The maximum Gasteiger partial charge on any atom is 0.0991 e. The van der Waals surface area contributed by atoms with Gasteiger partial charge in [0.15, 0.2) is 0 Å². The van der Waals surface area contributed by atoms with Crippen LogP contribution in [0.25, 0.3) is 82.4 Å². The van der Waals surface area contributed by atoms with E-state index in [1.165, 1.54) is 49.0 Å². The van der Waals surface area contributed by atoms with Crippen LogP contribution in [0.4, 0.5) is 0 Å². The summed E-state index contributed by atoms with van der Waals surface area (Å²) in [5.41, 5.74) is 10.9. The van der Waals surface area contributed by atoms with Crippen LogP contribution >= 0.6 is 0 Å². The first-order valence-corrected chi connectivity index (χ1v) is 15.9. The Hall–Kier alpha value is -6.43. The molecule has 0 saturated heterocycles. The Morgan fingerprint density at radius 3 is 1.43 bits per heavy atom. The van der Waals surface area contributed by atoms with Crippen molar-refractivity contribution in [1.82, 2.24) is 4.57 Å². The molecule has 1 heterocycles. The molecule has 0 fully saturated rings. The van der Waals surface area contributed by atoms with Gasteiger partial charge in [0.25, 0.3) is 0 Å². The molecule has 9 aromatic rings. The van der Waals surface area contributed by atoms with Crippen molar-refractivity contribution in [2.75, 3.05) is 0 Å². The molecule has 8 aromatic carbocycles. The molecule has 0 aliphatic rings. The predicted molar refractivity (Wildman–Crippen MR) is 197 cm³/mol. The number of benzene rings is 8. The zero-order valence-corrected chi connectivity index (χ0v) is 25.6. The van der Waals surface area contributed by atoms with Gasteiger partial charge in [-0.3, -0.25) is 0 Å². The number of para-hydroxylation sites is 2. The number of hydrogen-bond donors (Lipinski definition) is 0. The highest BCUT2D eigenvalue weighted by molar-refractivity contribution is 6.21. The maximum absolute atomic E-state index is 10.0. The third-order valence-electron chi connectivity index (χ3n) is 9.40. The van der Waals surface area contributed by atoms with Crippen LogP contribution in [0.5, 0.6) is 0 Å². The minimum atomic E-state index is 0.637. The molecule has 0 aliphatic carbocycles. The summed E-state index contributed by atoms with van der Waals surface area (Å²) in [5.74, 6) is 0. The molecule has 2 heteroatoms. The highest BCUT2D eigenvalue weighted by Gasteiger charge is 2.19. The van der Waals surface area contributed by atoms with Crippen LogP contribution in [0, 0.1) is 11.3 Å². The number of aromatic nitrogens is 1. The van der Waals surface area contributed by atoms with Crippen LogP contribution in [-0.2, 0) is 0 Å². The second-order valence-electron chi connectivity index (χ2n) is 12.0. The Labute approximate surface area is 273 Å². The van der Waals surface area contributed by atoms with Crippen molar-refractivity contribution in [3.8, 4) is 45.1 Å². The molecule has 0 bridgehead atoms. The van der Waals surface area contributed by atoms with Gasteiger partial charge in [0.05, 0.1) is 28.4 Å². The summed E-state index contributed by atoms with van der Waals surface area (Å²) in [5, 5.41) is 17.3. The lowest BCUT2D eigenvalue weighted by molar-refractivity contribution is 1.18. The molecule has 0 atom stereocenters. The summed E-state index contributed by atoms with van der Waals surface area (Å²) in [7, 11) is 0. The van der Waals surface area contributed by atoms with Gasteiger partial charge < -0.3 is 4.57 Å². The van der Waals surface area contributed by atoms with Crippen molar-refractivity contribution in [2.45, 2.75) is 0 Å². The van der Waals surface area contributed by atoms with Crippen LogP contribution in [0.1, 0.15) is 5.56 Å². The molecule has 2 nitrogen and oxygen atoms in total. The second-order valence-corrected chi connectivity index (χ2v) is 12.0. The largest absolute Gasteiger partial charge is 0.309 e. The van der Waals surface area contributed by atoms with Crippen LogP contribution in [0.2, 0.25) is 0 Å². The SMILES string of the molecule is N#Cc1ccc(-n2c3ccccc3c3ccccc32)c(-c2cccc(-c3c4ccccc4c(-c4ccccc4)c4ccccc34)c2)c1. The molecule has 0 saturated carbocycles. The summed E-state index contributed by atoms with van der Waals surface area (Å²) in [6.07, 6.45) is 0. The van der Waals surface area contributed by atoms with Crippen molar-refractivity contribution < 1.29 is 0 Å². The Kier molecular flexibility index (Phi) is 6.23. The van der Waals surface area contributed by atoms with E-state index >= 15 is 0 Å². The van der Waals surface area contributed by atoms with E-state index in [4.69, 9.17) is 0 Å². The molecule has 0 radical (unpaired) electrons. The first-order chi connectivity index (χ1) is 23.3. The van der Waals surface area contributed by atoms with E-state index in [0.717, 1.165) is 33.4 Å². The molecule has 9 rings (SSSR count). The van der Waals surface area contributed by atoms with Crippen molar-refractivity contribution in [2.24, 2.45) is 0 Å². The Morgan fingerprint density at radius 2 is 0.851 bits per heavy atom. The number of nitriles is 1. The van der Waals surface area contributed by atoms with Crippen molar-refractivity contribution in [3.05, 3.63) is 175 Å². The van der Waals surface area contributed by atoms with Gasteiger partial charge in [-0.25, -0.2) is 0 Å². The average molecular weight is 597 g/mol. The summed E-state index contributed by atoms with van der Waals surface area (Å²) in [6.45, 7) is 0. The van der Waals surface area contributed by atoms with Gasteiger partial charge in [-0.05, 0) is 85.8 Å². The zero-order valence-electron chi connectivity index (χ0n) is 25.6. The molecular formula is C45H28N2. The van der Waals surface area contributed by atoms with Crippen LogP contribution in [0.3, 0.4) is 0 Å². The molecule has 47 heavy (non-hydrogen) atoms. The highest BCUT2D eigenvalue weighted by Crippen LogP contribution is 2.45. The van der Waals surface area contributed by atoms with Crippen molar-refractivity contribution in [1.29, 1.82) is 5.26 Å². The van der Waals surface area contributed by atoms with Gasteiger partial charge in [-0.1, -0.05) is 133 Å². The topological polar surface area (TPSA) is 28.7 Å². The fourth-order valence-electron chi connectivity index (χ4n) is 7.41. The van der Waals surface area contributed by atoms with Crippen molar-refractivity contribution in [3.63, 3.8) is 0 Å². The van der Waals surface area contributed by atoms with E-state index in [9.17, 15) is 5.26 Å². The van der Waals surface area contributed by atoms with Crippen molar-refractivity contribution >= 4 is 43.4 Å². The van der Waals surface area contributed by atoms with Gasteiger partial charge in [0, 0.05) is 16.3 Å². The smallest absolute Gasteiger partial charge is 0.0991 e. The fourth-order valence-corrected chi connectivity index (χ4v) is 7.41. The zero-order chi connectivity index (χ0) is 31.3. The first-order valence-electron chi connectivity index (χ1n) is 15.9. The van der Waals surface area contributed by atoms with E-state index in [1.807, 2.05) is 12.1 Å². The second kappa shape index (κ2) is 10.9. The molecule has 0 unspecified atom stereocenters. The predicted octanol–water partition coefficient (Wildman–Crippen LogP) is 12.0. The van der Waals surface area contributed by atoms with Gasteiger partial charge in [0.2, 0.25) is 0 Å². The summed E-state index contributed by atoms with van der Waals surface area (Å²) >= 11 is 0. The molecule has 0 aliphatic heterocycles. The van der Waals surface area contributed by atoms with E-state index in [-0.39, 0.29) is 0 Å². The Balaban J connectivity index is 1.33. The monoisotopic (exact) mass is 596 g/mol. The lowest BCUT2D eigenvalue weighted by Crippen LogP contribution is -1.98. The minimum absolute atomic E-state index is 0.637. The van der Waals surface area contributed by atoms with Crippen LogP contribution < -0.4 is 0 Å². The molecule has 0 spiro atoms. The van der Waals surface area contributed by atoms with E-state index in [0.29, 0.717) is 5.56 Å². The summed E-state index contributed by atoms with van der Waals surface area (Å²) in [6, 6.07) is 62.6. The number of rotatable bonds is 4. The van der Waals surface area contributed by atoms with Crippen LogP contribution in [0.15, 0.2) is 170 Å². The first kappa shape index (κ1) is 26.9. The third kappa shape index (κ3) is 4.26. The normalized spacial score (nSPS) is 11.4. The highest BCUT2D eigenvalue weighted by atomic mass is 15.0. The molecule has 1 aromatic heterocycles. The Bertz CT molecular complexity index is 2580. The maximum atomic E-state index is 10.0.